The Kier molecular flexibility index (Phi) is 8.05. The molecule has 0 radical (unpaired) electrons. The summed E-state index contributed by atoms with van der Waals surface area (Å²) in [5.74, 6) is -0.482. The number of amides is 4. The Bertz CT molecular complexity index is 1650. The van der Waals surface area contributed by atoms with E-state index in [-0.39, 0.29) is 17.9 Å². The summed E-state index contributed by atoms with van der Waals surface area (Å²) in [5, 5.41) is 5.02. The number of carbonyl (C=O) groups is 3. The van der Waals surface area contributed by atoms with Crippen LogP contribution in [0.5, 0.6) is 11.5 Å². The molecule has 40 heavy (non-hydrogen) atoms. The molecule has 1 aliphatic rings. The normalized spacial score (nSPS) is 14.5. The van der Waals surface area contributed by atoms with Crippen molar-refractivity contribution < 1.29 is 23.9 Å². The number of urea groups is 1. The lowest BCUT2D eigenvalue weighted by Crippen LogP contribution is -2.54. The van der Waals surface area contributed by atoms with Gasteiger partial charge in [-0.15, -0.1) is 0 Å². The number of benzene rings is 4. The SMILES string of the molecule is CCCOc1ccc2ccccc2c1/C=C1\C(=O)NC(=O)N(c2ccc(OCc3ccc(Cl)cc3Cl)cc2)C1=O. The van der Waals surface area contributed by atoms with Crippen molar-refractivity contribution in [2.24, 2.45) is 0 Å². The molecule has 4 amide bonds. The molecule has 0 aromatic heterocycles. The van der Waals surface area contributed by atoms with E-state index < -0.39 is 17.8 Å². The molecule has 0 spiro atoms. The van der Waals surface area contributed by atoms with Crippen LogP contribution in [0.4, 0.5) is 10.5 Å². The molecule has 9 heteroatoms. The number of hydrogen-bond donors (Lipinski definition) is 1. The summed E-state index contributed by atoms with van der Waals surface area (Å²) in [7, 11) is 0. The number of nitrogens with zero attached hydrogens (tertiary/aromatic N) is 1. The van der Waals surface area contributed by atoms with Gasteiger partial charge < -0.3 is 9.47 Å². The number of carbonyl (C=O) groups excluding carboxylic acids is 3. The van der Waals surface area contributed by atoms with E-state index in [4.69, 9.17) is 32.7 Å². The van der Waals surface area contributed by atoms with Crippen LogP contribution >= 0.6 is 23.2 Å². The molecule has 0 bridgehead atoms. The summed E-state index contributed by atoms with van der Waals surface area (Å²) < 4.78 is 11.7. The lowest BCUT2D eigenvalue weighted by molar-refractivity contribution is -0.122. The van der Waals surface area contributed by atoms with E-state index in [1.807, 2.05) is 43.3 Å². The van der Waals surface area contributed by atoms with Crippen molar-refractivity contribution in [1.29, 1.82) is 0 Å². The minimum atomic E-state index is -0.839. The maximum Gasteiger partial charge on any atom is 0.335 e. The van der Waals surface area contributed by atoms with Gasteiger partial charge in [-0.1, -0.05) is 66.5 Å². The van der Waals surface area contributed by atoms with Crippen LogP contribution < -0.4 is 19.7 Å². The maximum atomic E-state index is 13.6. The molecule has 0 saturated carbocycles. The highest BCUT2D eigenvalue weighted by Gasteiger charge is 2.37. The van der Waals surface area contributed by atoms with Gasteiger partial charge in [0.1, 0.15) is 23.7 Å². The largest absolute Gasteiger partial charge is 0.493 e. The van der Waals surface area contributed by atoms with Crippen LogP contribution in [0.3, 0.4) is 0 Å². The molecule has 1 N–H and O–H groups in total. The molecule has 4 aromatic rings. The number of fused-ring (bicyclic) bond motifs is 1. The summed E-state index contributed by atoms with van der Waals surface area (Å²) in [6, 6.07) is 22.0. The fourth-order valence-corrected chi connectivity index (χ4v) is 4.75. The fourth-order valence-electron chi connectivity index (χ4n) is 4.29. The average Bonchev–Trinajstić information content (AvgIpc) is 2.94. The molecular formula is C31H24Cl2N2O5. The van der Waals surface area contributed by atoms with Crippen molar-refractivity contribution in [3.8, 4) is 11.5 Å². The van der Waals surface area contributed by atoms with Gasteiger partial charge in [0.25, 0.3) is 11.8 Å². The summed E-state index contributed by atoms with van der Waals surface area (Å²) in [5.41, 5.74) is 1.43. The molecule has 1 aliphatic heterocycles. The summed E-state index contributed by atoms with van der Waals surface area (Å²) >= 11 is 12.2. The maximum absolute atomic E-state index is 13.6. The van der Waals surface area contributed by atoms with E-state index >= 15 is 0 Å². The number of nitrogens with one attached hydrogen (secondary N) is 1. The van der Waals surface area contributed by atoms with Crippen molar-refractivity contribution >= 4 is 63.6 Å². The topological polar surface area (TPSA) is 84.9 Å². The van der Waals surface area contributed by atoms with E-state index in [2.05, 4.69) is 5.32 Å². The molecule has 0 aliphatic carbocycles. The number of hydrogen-bond acceptors (Lipinski definition) is 5. The Morgan fingerprint density at radius 3 is 2.42 bits per heavy atom. The van der Waals surface area contributed by atoms with Crippen molar-refractivity contribution in [2.45, 2.75) is 20.0 Å². The van der Waals surface area contributed by atoms with Crippen LogP contribution in [0.2, 0.25) is 10.0 Å². The van der Waals surface area contributed by atoms with Crippen molar-refractivity contribution in [1.82, 2.24) is 5.32 Å². The van der Waals surface area contributed by atoms with E-state index in [1.165, 1.54) is 6.08 Å². The predicted octanol–water partition coefficient (Wildman–Crippen LogP) is 7.18. The van der Waals surface area contributed by atoms with Crippen molar-refractivity contribution in [2.75, 3.05) is 11.5 Å². The van der Waals surface area contributed by atoms with Gasteiger partial charge in [-0.3, -0.25) is 14.9 Å². The Morgan fingerprint density at radius 2 is 1.68 bits per heavy atom. The number of barbiturate groups is 1. The number of halogens is 2. The minimum absolute atomic E-state index is 0.185. The second-order valence-corrected chi connectivity index (χ2v) is 9.87. The van der Waals surface area contributed by atoms with Crippen LogP contribution in [0.1, 0.15) is 24.5 Å². The summed E-state index contributed by atoms with van der Waals surface area (Å²) in [6.07, 6.45) is 2.27. The zero-order valence-electron chi connectivity index (χ0n) is 21.4. The van der Waals surface area contributed by atoms with Gasteiger partial charge in [-0.25, -0.2) is 9.69 Å². The second-order valence-electron chi connectivity index (χ2n) is 9.02. The zero-order chi connectivity index (χ0) is 28.2. The van der Waals surface area contributed by atoms with Gasteiger partial charge in [0.15, 0.2) is 0 Å². The van der Waals surface area contributed by atoms with Gasteiger partial charge in [0, 0.05) is 21.2 Å². The Hall–Kier alpha value is -4.33. The first-order valence-electron chi connectivity index (χ1n) is 12.6. The molecule has 1 saturated heterocycles. The first kappa shape index (κ1) is 27.2. The minimum Gasteiger partial charge on any atom is -0.493 e. The highest BCUT2D eigenvalue weighted by molar-refractivity contribution is 6.39. The Balaban J connectivity index is 1.43. The highest BCUT2D eigenvalue weighted by atomic mass is 35.5. The van der Waals surface area contributed by atoms with E-state index in [0.29, 0.717) is 33.7 Å². The average molecular weight is 575 g/mol. The van der Waals surface area contributed by atoms with Gasteiger partial charge in [0.2, 0.25) is 0 Å². The third-order valence-electron chi connectivity index (χ3n) is 6.29. The van der Waals surface area contributed by atoms with Crippen molar-refractivity contribution in [3.63, 3.8) is 0 Å². The van der Waals surface area contributed by atoms with Crippen LogP contribution in [0.25, 0.3) is 16.8 Å². The number of ether oxygens (including phenoxy) is 2. The first-order valence-corrected chi connectivity index (χ1v) is 13.3. The molecule has 202 valence electrons. The molecule has 0 atom stereocenters. The molecular weight excluding hydrogens is 551 g/mol. The number of anilines is 1. The van der Waals surface area contributed by atoms with Crippen LogP contribution in [0.15, 0.2) is 84.4 Å². The highest BCUT2D eigenvalue weighted by Crippen LogP contribution is 2.32. The monoisotopic (exact) mass is 574 g/mol. The lowest BCUT2D eigenvalue weighted by Gasteiger charge is -2.26. The van der Waals surface area contributed by atoms with Crippen LogP contribution in [-0.4, -0.2) is 24.5 Å². The van der Waals surface area contributed by atoms with E-state index in [1.54, 1.807) is 42.5 Å². The lowest BCUT2D eigenvalue weighted by atomic mass is 9.99. The van der Waals surface area contributed by atoms with Gasteiger partial charge in [-0.05, 0) is 65.7 Å². The zero-order valence-corrected chi connectivity index (χ0v) is 23.0. The summed E-state index contributed by atoms with van der Waals surface area (Å²) in [6.45, 7) is 2.66. The van der Waals surface area contributed by atoms with Gasteiger partial charge in [0.05, 0.1) is 12.3 Å². The second kappa shape index (κ2) is 11.8. The van der Waals surface area contributed by atoms with Crippen molar-refractivity contribution in [3.05, 3.63) is 106 Å². The third-order valence-corrected chi connectivity index (χ3v) is 6.87. The van der Waals surface area contributed by atoms with E-state index in [9.17, 15) is 14.4 Å². The quantitative estimate of drug-likeness (QED) is 0.178. The Morgan fingerprint density at radius 1 is 0.900 bits per heavy atom. The standard InChI is InChI=1S/C31H24Cl2N2O5/c1-2-15-39-28-14-8-19-5-3-4-6-24(19)25(28)17-26-29(36)34-31(38)35(30(26)37)22-10-12-23(13-11-22)40-18-20-7-9-21(32)16-27(20)33/h3-14,16-17H,2,15,18H2,1H3,(H,34,36,38)/b26-17+. The van der Waals surface area contributed by atoms with Gasteiger partial charge >= 0.3 is 6.03 Å². The molecule has 0 unspecified atom stereocenters. The molecule has 4 aromatic carbocycles. The first-order chi connectivity index (χ1) is 19.4. The third kappa shape index (κ3) is 5.66. The fraction of sp³-hybridized carbons (Fsp3) is 0.129. The van der Waals surface area contributed by atoms with Gasteiger partial charge in [-0.2, -0.15) is 0 Å². The predicted molar refractivity (Wildman–Crippen MR) is 156 cm³/mol. The smallest absolute Gasteiger partial charge is 0.335 e. The molecule has 1 heterocycles. The molecule has 5 rings (SSSR count). The van der Waals surface area contributed by atoms with E-state index in [0.717, 1.165) is 27.7 Å². The Labute approximate surface area is 240 Å². The van der Waals surface area contributed by atoms with Crippen LogP contribution in [0, 0.1) is 0 Å². The molecule has 1 fully saturated rings. The summed E-state index contributed by atoms with van der Waals surface area (Å²) in [4.78, 5) is 40.1. The number of imide groups is 2. The molecule has 7 nitrogen and oxygen atoms in total. The number of rotatable bonds is 8. The van der Waals surface area contributed by atoms with Crippen LogP contribution in [-0.2, 0) is 16.2 Å².